The van der Waals surface area contributed by atoms with Gasteiger partial charge in [0.05, 0.1) is 0 Å². The monoisotopic (exact) mass is 367 g/mol. The third-order valence-corrected chi connectivity index (χ3v) is 5.90. The van der Waals surface area contributed by atoms with Crippen LogP contribution in [0.2, 0.25) is 0 Å². The van der Waals surface area contributed by atoms with Crippen molar-refractivity contribution in [3.05, 3.63) is 76.3 Å². The molecule has 23 heavy (non-hydrogen) atoms. The molecule has 0 radical (unpaired) electrons. The Hall–Kier alpha value is -1.38. The molecule has 2 aliphatic rings. The highest BCUT2D eigenvalue weighted by Crippen LogP contribution is 2.39. The molecular formula is C21H22BrN. The molecule has 0 spiro atoms. The number of halogens is 1. The van der Waals surface area contributed by atoms with Gasteiger partial charge in [-0.05, 0) is 42.0 Å². The molecule has 118 valence electrons. The van der Waals surface area contributed by atoms with Gasteiger partial charge in [-0.1, -0.05) is 77.0 Å². The standard InChI is InChI=1S/C21H22BrN/c22-21-12-5-4-11-20(21)17-13-18-9-6-10-19(14-17)23(18)15-16-7-2-1-3-8-16/h1-5,7-8,11-13,18-19H,6,9-10,14-15H2. The molecule has 2 aliphatic heterocycles. The summed E-state index contributed by atoms with van der Waals surface area (Å²) in [4.78, 5) is 2.72. The van der Waals surface area contributed by atoms with Crippen molar-refractivity contribution in [2.75, 3.05) is 0 Å². The van der Waals surface area contributed by atoms with E-state index in [1.807, 2.05) is 0 Å². The smallest absolute Gasteiger partial charge is 0.0290 e. The molecule has 1 fully saturated rings. The second kappa shape index (κ2) is 6.62. The van der Waals surface area contributed by atoms with Gasteiger partial charge in [0.15, 0.2) is 0 Å². The van der Waals surface area contributed by atoms with Crippen molar-refractivity contribution in [2.24, 2.45) is 0 Å². The summed E-state index contributed by atoms with van der Waals surface area (Å²) < 4.78 is 1.22. The fourth-order valence-corrected chi connectivity index (χ4v) is 4.62. The first-order valence-electron chi connectivity index (χ1n) is 8.56. The van der Waals surface area contributed by atoms with Crippen LogP contribution in [0, 0.1) is 0 Å². The van der Waals surface area contributed by atoms with E-state index in [-0.39, 0.29) is 0 Å². The number of benzene rings is 2. The molecule has 2 atom stereocenters. The minimum atomic E-state index is 0.588. The van der Waals surface area contributed by atoms with Crippen molar-refractivity contribution in [1.82, 2.24) is 4.90 Å². The zero-order valence-electron chi connectivity index (χ0n) is 13.3. The summed E-state index contributed by atoms with van der Waals surface area (Å²) in [6.07, 6.45) is 7.67. The van der Waals surface area contributed by atoms with Gasteiger partial charge in [0.25, 0.3) is 0 Å². The minimum Gasteiger partial charge on any atom is -0.289 e. The first-order valence-corrected chi connectivity index (χ1v) is 9.36. The van der Waals surface area contributed by atoms with Crippen LogP contribution in [0.5, 0.6) is 0 Å². The summed E-state index contributed by atoms with van der Waals surface area (Å²) in [5.41, 5.74) is 4.34. The summed E-state index contributed by atoms with van der Waals surface area (Å²) in [6.45, 7) is 1.08. The molecule has 0 saturated carbocycles. The third kappa shape index (κ3) is 3.15. The molecule has 2 heterocycles. The molecule has 0 aromatic heterocycles. The normalized spacial score (nSPS) is 24.3. The molecule has 1 saturated heterocycles. The van der Waals surface area contributed by atoms with Crippen LogP contribution >= 0.6 is 15.9 Å². The minimum absolute atomic E-state index is 0.588. The van der Waals surface area contributed by atoms with E-state index < -0.39 is 0 Å². The number of hydrogen-bond donors (Lipinski definition) is 0. The second-order valence-corrected chi connectivity index (χ2v) is 7.54. The molecule has 0 aliphatic carbocycles. The molecule has 2 aromatic carbocycles. The van der Waals surface area contributed by atoms with Crippen molar-refractivity contribution < 1.29 is 0 Å². The maximum absolute atomic E-state index is 3.73. The van der Waals surface area contributed by atoms with Gasteiger partial charge in [0, 0.05) is 23.1 Å². The summed E-state index contributed by atoms with van der Waals surface area (Å²) in [5, 5.41) is 0. The fourth-order valence-electron chi connectivity index (χ4n) is 4.08. The van der Waals surface area contributed by atoms with Gasteiger partial charge < -0.3 is 0 Å². The van der Waals surface area contributed by atoms with Gasteiger partial charge in [-0.25, -0.2) is 0 Å². The maximum Gasteiger partial charge on any atom is 0.0290 e. The van der Waals surface area contributed by atoms with Crippen LogP contribution in [0.1, 0.15) is 36.8 Å². The molecule has 0 amide bonds. The van der Waals surface area contributed by atoms with E-state index in [0.717, 1.165) is 6.54 Å². The third-order valence-electron chi connectivity index (χ3n) is 5.21. The predicted molar refractivity (Wildman–Crippen MR) is 100 cm³/mol. The molecule has 4 rings (SSSR count). The Labute approximate surface area is 147 Å². The van der Waals surface area contributed by atoms with Crippen LogP contribution in [0.25, 0.3) is 5.57 Å². The van der Waals surface area contributed by atoms with Crippen molar-refractivity contribution in [3.8, 4) is 0 Å². The van der Waals surface area contributed by atoms with Crippen molar-refractivity contribution >= 4 is 21.5 Å². The fraction of sp³-hybridized carbons (Fsp3) is 0.333. The SMILES string of the molecule is Brc1ccccc1C1=CC2CCCC(C1)N2Cc1ccccc1. The Morgan fingerprint density at radius 3 is 2.52 bits per heavy atom. The number of nitrogens with zero attached hydrogens (tertiary/aromatic N) is 1. The number of fused-ring (bicyclic) bond motifs is 2. The van der Waals surface area contributed by atoms with E-state index in [0.29, 0.717) is 12.1 Å². The lowest BCUT2D eigenvalue weighted by Crippen LogP contribution is -2.47. The first-order chi connectivity index (χ1) is 11.3. The average molecular weight is 368 g/mol. The van der Waals surface area contributed by atoms with Crippen molar-refractivity contribution in [2.45, 2.75) is 44.3 Å². The van der Waals surface area contributed by atoms with Gasteiger partial charge in [-0.2, -0.15) is 0 Å². The predicted octanol–water partition coefficient (Wildman–Crippen LogP) is 5.66. The Kier molecular flexibility index (Phi) is 4.37. The summed E-state index contributed by atoms with van der Waals surface area (Å²) in [6, 6.07) is 20.8. The van der Waals surface area contributed by atoms with Crippen molar-refractivity contribution in [1.29, 1.82) is 0 Å². The molecule has 2 bridgehead atoms. The topological polar surface area (TPSA) is 3.24 Å². The molecule has 1 nitrogen and oxygen atoms in total. The molecule has 2 unspecified atom stereocenters. The summed E-state index contributed by atoms with van der Waals surface area (Å²) in [7, 11) is 0. The number of rotatable bonds is 3. The molecule has 2 aromatic rings. The highest BCUT2D eigenvalue weighted by molar-refractivity contribution is 9.10. The lowest BCUT2D eigenvalue weighted by molar-refractivity contribution is 0.0951. The molecule has 2 heteroatoms. The van der Waals surface area contributed by atoms with Crippen LogP contribution < -0.4 is 0 Å². The van der Waals surface area contributed by atoms with E-state index in [9.17, 15) is 0 Å². The van der Waals surface area contributed by atoms with Gasteiger partial charge in [0.1, 0.15) is 0 Å². The molecule has 0 N–H and O–H groups in total. The van der Waals surface area contributed by atoms with E-state index in [1.165, 1.54) is 46.9 Å². The van der Waals surface area contributed by atoms with Crippen LogP contribution in [0.4, 0.5) is 0 Å². The quantitative estimate of drug-likeness (QED) is 0.676. The van der Waals surface area contributed by atoms with Gasteiger partial charge >= 0.3 is 0 Å². The van der Waals surface area contributed by atoms with Gasteiger partial charge in [-0.3, -0.25) is 4.90 Å². The first kappa shape index (κ1) is 15.2. The van der Waals surface area contributed by atoms with Crippen LogP contribution in [0.15, 0.2) is 65.1 Å². The average Bonchev–Trinajstić information content (AvgIpc) is 2.56. The number of piperidine rings is 1. The Morgan fingerprint density at radius 1 is 0.957 bits per heavy atom. The lowest BCUT2D eigenvalue weighted by atomic mass is 9.82. The second-order valence-electron chi connectivity index (χ2n) is 6.69. The highest BCUT2D eigenvalue weighted by Gasteiger charge is 2.34. The summed E-state index contributed by atoms with van der Waals surface area (Å²) >= 11 is 3.73. The van der Waals surface area contributed by atoms with E-state index in [1.54, 1.807) is 0 Å². The van der Waals surface area contributed by atoms with E-state index in [2.05, 4.69) is 81.5 Å². The zero-order valence-corrected chi connectivity index (χ0v) is 14.9. The van der Waals surface area contributed by atoms with E-state index in [4.69, 9.17) is 0 Å². The Balaban J connectivity index is 1.62. The highest BCUT2D eigenvalue weighted by atomic mass is 79.9. The number of hydrogen-bond acceptors (Lipinski definition) is 1. The van der Waals surface area contributed by atoms with Crippen molar-refractivity contribution in [3.63, 3.8) is 0 Å². The summed E-state index contributed by atoms with van der Waals surface area (Å²) in [5.74, 6) is 0. The maximum atomic E-state index is 3.73. The zero-order chi connectivity index (χ0) is 15.6. The Bertz CT molecular complexity index is 707. The van der Waals surface area contributed by atoms with Crippen LogP contribution in [-0.4, -0.2) is 17.0 Å². The van der Waals surface area contributed by atoms with E-state index >= 15 is 0 Å². The van der Waals surface area contributed by atoms with Crippen LogP contribution in [-0.2, 0) is 6.54 Å². The molecular weight excluding hydrogens is 346 g/mol. The lowest BCUT2D eigenvalue weighted by Gasteiger charge is -2.45. The Morgan fingerprint density at radius 2 is 1.74 bits per heavy atom. The van der Waals surface area contributed by atoms with Gasteiger partial charge in [0.2, 0.25) is 0 Å². The van der Waals surface area contributed by atoms with Gasteiger partial charge in [-0.15, -0.1) is 0 Å². The largest absolute Gasteiger partial charge is 0.289 e. The van der Waals surface area contributed by atoms with Crippen LogP contribution in [0.3, 0.4) is 0 Å².